The smallest absolute Gasteiger partial charge is 0.273 e. The number of nitro groups is 1. The number of hydrogen-bond acceptors (Lipinski definition) is 4. The molecule has 1 fully saturated rings. The zero-order valence-corrected chi connectivity index (χ0v) is 14.3. The zero-order chi connectivity index (χ0) is 18.7. The van der Waals surface area contributed by atoms with Crippen LogP contribution in [0.5, 0.6) is 0 Å². The van der Waals surface area contributed by atoms with E-state index < -0.39 is 4.92 Å². The highest BCUT2D eigenvalue weighted by molar-refractivity contribution is 5.96. The first-order valence-corrected chi connectivity index (χ1v) is 8.34. The number of carbonyl (C=O) groups is 2. The number of aryl methyl sites for hydroxylation is 1. The summed E-state index contributed by atoms with van der Waals surface area (Å²) in [5.41, 5.74) is 1.52. The molecule has 0 radical (unpaired) electrons. The molecule has 2 amide bonds. The third kappa shape index (κ3) is 3.72. The van der Waals surface area contributed by atoms with E-state index in [1.165, 1.54) is 6.07 Å². The minimum Gasteiger partial charge on any atom is -0.352 e. The predicted octanol–water partition coefficient (Wildman–Crippen LogP) is 2.69. The molecule has 7 nitrogen and oxygen atoms in total. The van der Waals surface area contributed by atoms with Crippen LogP contribution in [0.4, 0.5) is 11.4 Å². The number of para-hydroxylation sites is 1. The Bertz CT molecular complexity index is 851. The first kappa shape index (κ1) is 17.6. The van der Waals surface area contributed by atoms with Crippen molar-refractivity contribution in [3.63, 3.8) is 0 Å². The third-order valence-corrected chi connectivity index (χ3v) is 4.49. The molecule has 0 bridgehead atoms. The van der Waals surface area contributed by atoms with Gasteiger partial charge in [-0.2, -0.15) is 0 Å². The highest BCUT2D eigenvalue weighted by atomic mass is 16.6. The fourth-order valence-electron chi connectivity index (χ4n) is 3.06. The number of benzene rings is 2. The summed E-state index contributed by atoms with van der Waals surface area (Å²) in [5, 5.41) is 13.8. The lowest BCUT2D eigenvalue weighted by Crippen LogP contribution is -2.31. The van der Waals surface area contributed by atoms with Gasteiger partial charge in [0.1, 0.15) is 0 Å². The molecule has 1 atom stereocenters. The Hall–Kier alpha value is -3.22. The van der Waals surface area contributed by atoms with Crippen LogP contribution in [0.3, 0.4) is 0 Å². The number of nitrogens with zero attached hydrogens (tertiary/aromatic N) is 2. The van der Waals surface area contributed by atoms with Crippen LogP contribution < -0.4 is 10.2 Å². The highest BCUT2D eigenvalue weighted by Crippen LogP contribution is 2.24. The van der Waals surface area contributed by atoms with Gasteiger partial charge in [0, 0.05) is 48.3 Å². The van der Waals surface area contributed by atoms with Crippen molar-refractivity contribution in [3.8, 4) is 0 Å². The van der Waals surface area contributed by atoms with Crippen LogP contribution in [0.1, 0.15) is 22.3 Å². The molecule has 1 aliphatic heterocycles. The van der Waals surface area contributed by atoms with Gasteiger partial charge in [-0.25, -0.2) is 0 Å². The van der Waals surface area contributed by atoms with Crippen molar-refractivity contribution in [2.45, 2.75) is 13.3 Å². The molecule has 2 aromatic carbocycles. The van der Waals surface area contributed by atoms with Gasteiger partial charge in [0.2, 0.25) is 5.91 Å². The lowest BCUT2D eigenvalue weighted by Gasteiger charge is -2.16. The van der Waals surface area contributed by atoms with E-state index in [1.54, 1.807) is 24.0 Å². The average Bonchev–Trinajstić information content (AvgIpc) is 3.01. The Balaban J connectivity index is 1.61. The van der Waals surface area contributed by atoms with Crippen LogP contribution in [-0.4, -0.2) is 29.8 Å². The van der Waals surface area contributed by atoms with Gasteiger partial charge in [0.05, 0.1) is 4.92 Å². The molecule has 134 valence electrons. The van der Waals surface area contributed by atoms with E-state index in [1.807, 2.05) is 30.3 Å². The van der Waals surface area contributed by atoms with Gasteiger partial charge in [0.25, 0.3) is 11.6 Å². The summed E-state index contributed by atoms with van der Waals surface area (Å²) in [6.07, 6.45) is 0.364. The zero-order valence-electron chi connectivity index (χ0n) is 14.3. The summed E-state index contributed by atoms with van der Waals surface area (Å²) >= 11 is 0. The van der Waals surface area contributed by atoms with Crippen molar-refractivity contribution in [1.82, 2.24) is 5.32 Å². The quantitative estimate of drug-likeness (QED) is 0.661. The molecule has 0 saturated carbocycles. The van der Waals surface area contributed by atoms with Gasteiger partial charge >= 0.3 is 0 Å². The summed E-state index contributed by atoms with van der Waals surface area (Å²) in [4.78, 5) is 36.7. The predicted molar refractivity (Wildman–Crippen MR) is 97.1 cm³/mol. The summed E-state index contributed by atoms with van der Waals surface area (Å²) in [6.45, 7) is 2.51. The van der Waals surface area contributed by atoms with Crippen molar-refractivity contribution in [3.05, 3.63) is 69.8 Å². The maximum atomic E-state index is 12.3. The van der Waals surface area contributed by atoms with Gasteiger partial charge in [-0.1, -0.05) is 24.3 Å². The Morgan fingerprint density at radius 3 is 2.69 bits per heavy atom. The maximum Gasteiger partial charge on any atom is 0.273 e. The van der Waals surface area contributed by atoms with Gasteiger partial charge in [0.15, 0.2) is 0 Å². The second-order valence-corrected chi connectivity index (χ2v) is 6.38. The summed E-state index contributed by atoms with van der Waals surface area (Å²) in [6, 6.07) is 13.8. The molecule has 0 spiro atoms. The normalized spacial score (nSPS) is 16.6. The molecule has 0 aromatic heterocycles. The summed E-state index contributed by atoms with van der Waals surface area (Å²) < 4.78 is 0. The Kier molecular flexibility index (Phi) is 4.97. The van der Waals surface area contributed by atoms with E-state index >= 15 is 0 Å². The van der Waals surface area contributed by atoms with E-state index in [2.05, 4.69) is 5.32 Å². The topological polar surface area (TPSA) is 92.6 Å². The van der Waals surface area contributed by atoms with Gasteiger partial charge in [-0.05, 0) is 25.1 Å². The number of carbonyl (C=O) groups excluding carboxylic acids is 2. The molecule has 1 unspecified atom stereocenters. The van der Waals surface area contributed by atoms with Crippen LogP contribution >= 0.6 is 0 Å². The van der Waals surface area contributed by atoms with Crippen LogP contribution in [0.25, 0.3) is 0 Å². The van der Waals surface area contributed by atoms with Crippen molar-refractivity contribution >= 4 is 23.2 Å². The van der Waals surface area contributed by atoms with E-state index in [0.717, 1.165) is 5.69 Å². The summed E-state index contributed by atoms with van der Waals surface area (Å²) in [5.74, 6) is -0.341. The number of hydrogen-bond donors (Lipinski definition) is 1. The summed E-state index contributed by atoms with van der Waals surface area (Å²) in [7, 11) is 0. The average molecular weight is 353 g/mol. The monoisotopic (exact) mass is 353 g/mol. The van der Waals surface area contributed by atoms with Crippen molar-refractivity contribution in [2.75, 3.05) is 18.0 Å². The largest absolute Gasteiger partial charge is 0.352 e. The maximum absolute atomic E-state index is 12.3. The standard InChI is InChI=1S/C19H19N3O4/c1-13-7-8-15(10-17(13)22(25)26)19(24)20-11-14-9-18(23)21(12-14)16-5-3-2-4-6-16/h2-8,10,14H,9,11-12H2,1H3,(H,20,24). The minimum atomic E-state index is -0.501. The van der Waals surface area contributed by atoms with Crippen molar-refractivity contribution in [2.24, 2.45) is 5.92 Å². The first-order valence-electron chi connectivity index (χ1n) is 8.34. The molecule has 26 heavy (non-hydrogen) atoms. The fraction of sp³-hybridized carbons (Fsp3) is 0.263. The lowest BCUT2D eigenvalue weighted by atomic mass is 10.1. The van der Waals surface area contributed by atoms with Crippen molar-refractivity contribution in [1.29, 1.82) is 0 Å². The van der Waals surface area contributed by atoms with Crippen LogP contribution in [-0.2, 0) is 4.79 Å². The molecule has 7 heteroatoms. The SMILES string of the molecule is Cc1ccc(C(=O)NCC2CC(=O)N(c3ccccc3)C2)cc1[N+](=O)[O-]. The second kappa shape index (κ2) is 7.35. The number of nitrogens with one attached hydrogen (secondary N) is 1. The first-order chi connectivity index (χ1) is 12.5. The van der Waals surface area contributed by atoms with E-state index in [4.69, 9.17) is 0 Å². The molecule has 1 N–H and O–H groups in total. The van der Waals surface area contributed by atoms with E-state index in [9.17, 15) is 19.7 Å². The number of anilines is 1. The molecule has 1 aliphatic rings. The van der Waals surface area contributed by atoms with Gasteiger partial charge < -0.3 is 10.2 Å². The molecule has 0 aliphatic carbocycles. The van der Waals surface area contributed by atoms with E-state index in [-0.39, 0.29) is 29.0 Å². The van der Waals surface area contributed by atoms with Crippen molar-refractivity contribution < 1.29 is 14.5 Å². The third-order valence-electron chi connectivity index (χ3n) is 4.49. The fourth-order valence-corrected chi connectivity index (χ4v) is 3.06. The van der Waals surface area contributed by atoms with Gasteiger partial charge in [-0.15, -0.1) is 0 Å². The van der Waals surface area contributed by atoms with Crippen LogP contribution in [0.15, 0.2) is 48.5 Å². The van der Waals surface area contributed by atoms with Crippen LogP contribution in [0.2, 0.25) is 0 Å². The molecular weight excluding hydrogens is 334 g/mol. The number of nitro benzene ring substituents is 1. The molecule has 2 aromatic rings. The second-order valence-electron chi connectivity index (χ2n) is 6.38. The molecule has 1 saturated heterocycles. The number of amides is 2. The van der Waals surface area contributed by atoms with Crippen LogP contribution in [0, 0.1) is 23.0 Å². The molecule has 3 rings (SSSR count). The number of rotatable bonds is 5. The minimum absolute atomic E-state index is 0.00657. The Labute approximate surface area is 150 Å². The Morgan fingerprint density at radius 1 is 1.27 bits per heavy atom. The van der Waals surface area contributed by atoms with E-state index in [0.29, 0.717) is 25.1 Å². The highest BCUT2D eigenvalue weighted by Gasteiger charge is 2.30. The molecule has 1 heterocycles. The Morgan fingerprint density at radius 2 is 2.00 bits per heavy atom. The lowest BCUT2D eigenvalue weighted by molar-refractivity contribution is -0.385. The van der Waals surface area contributed by atoms with Gasteiger partial charge in [-0.3, -0.25) is 19.7 Å². The molecular formula is C19H19N3O4.